The number of sulfonamides is 1. The van der Waals surface area contributed by atoms with Crippen LogP contribution in [0.5, 0.6) is 0 Å². The first-order valence-electron chi connectivity index (χ1n) is 12.5. The first-order valence-corrected chi connectivity index (χ1v) is 14.0. The number of aryl methyl sites for hydroxylation is 1. The Morgan fingerprint density at radius 3 is 2.29 bits per heavy atom. The van der Waals surface area contributed by atoms with Crippen molar-refractivity contribution in [2.45, 2.75) is 69.9 Å². The molecule has 0 spiro atoms. The number of nitrogens with one attached hydrogen (secondary N) is 1. The second-order valence-electron chi connectivity index (χ2n) is 9.08. The summed E-state index contributed by atoms with van der Waals surface area (Å²) >= 11 is 0. The molecule has 3 rings (SSSR count). The number of unbranched alkanes of at least 4 members (excludes halogenated alkanes) is 1. The van der Waals surface area contributed by atoms with E-state index in [9.17, 15) is 18.0 Å². The maximum absolute atomic E-state index is 13.2. The summed E-state index contributed by atoms with van der Waals surface area (Å²) in [6.07, 6.45) is 4.38. The molecule has 1 aliphatic rings. The van der Waals surface area contributed by atoms with Crippen LogP contribution in [0.1, 0.15) is 57.1 Å². The van der Waals surface area contributed by atoms with Crippen LogP contribution >= 0.6 is 0 Å². The molecule has 1 heterocycles. The fourth-order valence-electron chi connectivity index (χ4n) is 4.20. The van der Waals surface area contributed by atoms with Crippen molar-refractivity contribution in [3.63, 3.8) is 0 Å². The average Bonchev–Trinajstić information content (AvgIpc) is 3.42. The molecular weight excluding hydrogens is 462 g/mol. The lowest BCUT2D eigenvalue weighted by Crippen LogP contribution is -2.47. The average molecular weight is 500 g/mol. The summed E-state index contributed by atoms with van der Waals surface area (Å²) in [7, 11) is -3.45. The quantitative estimate of drug-likeness (QED) is 0.451. The summed E-state index contributed by atoms with van der Waals surface area (Å²) in [5.41, 5.74) is 1.85. The fraction of sp³-hybridized carbons (Fsp3) is 0.481. The first-order chi connectivity index (χ1) is 16.8. The van der Waals surface area contributed by atoms with Crippen molar-refractivity contribution in [3.8, 4) is 0 Å². The van der Waals surface area contributed by atoms with Gasteiger partial charge in [-0.1, -0.05) is 55.8 Å². The minimum Gasteiger partial charge on any atom is -0.354 e. The molecule has 0 bridgehead atoms. The van der Waals surface area contributed by atoms with Gasteiger partial charge < -0.3 is 10.2 Å². The van der Waals surface area contributed by atoms with Gasteiger partial charge in [0.1, 0.15) is 6.04 Å². The lowest BCUT2D eigenvalue weighted by Gasteiger charge is -2.29. The highest BCUT2D eigenvalue weighted by molar-refractivity contribution is 7.89. The van der Waals surface area contributed by atoms with E-state index in [1.165, 1.54) is 4.31 Å². The molecule has 2 amide bonds. The molecule has 1 saturated heterocycles. The zero-order valence-electron chi connectivity index (χ0n) is 20.8. The maximum Gasteiger partial charge on any atom is 0.243 e. The van der Waals surface area contributed by atoms with E-state index in [1.54, 1.807) is 36.1 Å². The lowest BCUT2D eigenvalue weighted by atomic mass is 10.1. The van der Waals surface area contributed by atoms with Crippen molar-refractivity contribution < 1.29 is 18.0 Å². The molecule has 0 radical (unpaired) electrons. The third-order valence-corrected chi connectivity index (χ3v) is 8.36. The van der Waals surface area contributed by atoms with Crippen LogP contribution in [0.25, 0.3) is 0 Å². The van der Waals surface area contributed by atoms with Crippen LogP contribution < -0.4 is 5.32 Å². The van der Waals surface area contributed by atoms with E-state index < -0.39 is 16.1 Å². The molecule has 7 nitrogen and oxygen atoms in total. The normalized spacial score (nSPS) is 15.0. The Hall–Kier alpha value is -2.71. The van der Waals surface area contributed by atoms with Gasteiger partial charge >= 0.3 is 0 Å². The van der Waals surface area contributed by atoms with Crippen molar-refractivity contribution in [2.75, 3.05) is 19.6 Å². The van der Waals surface area contributed by atoms with Gasteiger partial charge in [-0.05, 0) is 55.9 Å². The monoisotopic (exact) mass is 499 g/mol. The predicted octanol–water partition coefficient (Wildman–Crippen LogP) is 3.74. The lowest BCUT2D eigenvalue weighted by molar-refractivity contribution is -0.140. The number of hydrogen-bond donors (Lipinski definition) is 1. The summed E-state index contributed by atoms with van der Waals surface area (Å²) in [5, 5.41) is 2.93. The molecule has 2 aromatic rings. The molecule has 0 unspecified atom stereocenters. The number of benzene rings is 2. The molecule has 1 aliphatic heterocycles. The van der Waals surface area contributed by atoms with Gasteiger partial charge in [0.25, 0.3) is 0 Å². The van der Waals surface area contributed by atoms with Gasteiger partial charge in [0.15, 0.2) is 0 Å². The topological polar surface area (TPSA) is 86.8 Å². The highest BCUT2D eigenvalue weighted by Crippen LogP contribution is 2.21. The Bertz CT molecular complexity index is 1070. The number of hydrogen-bond acceptors (Lipinski definition) is 4. The predicted molar refractivity (Wildman–Crippen MR) is 137 cm³/mol. The van der Waals surface area contributed by atoms with Crippen molar-refractivity contribution in [3.05, 3.63) is 65.7 Å². The number of nitrogens with zero attached hydrogens (tertiary/aromatic N) is 2. The highest BCUT2D eigenvalue weighted by atomic mass is 32.2. The first kappa shape index (κ1) is 26.9. The van der Waals surface area contributed by atoms with Gasteiger partial charge in [-0.2, -0.15) is 4.31 Å². The third-order valence-electron chi connectivity index (χ3n) is 6.45. The van der Waals surface area contributed by atoms with Crippen LogP contribution in [0.4, 0.5) is 0 Å². The Morgan fingerprint density at radius 1 is 1.00 bits per heavy atom. The molecule has 0 aromatic heterocycles. The minimum absolute atomic E-state index is 0.110. The molecule has 190 valence electrons. The van der Waals surface area contributed by atoms with Crippen molar-refractivity contribution >= 4 is 21.8 Å². The summed E-state index contributed by atoms with van der Waals surface area (Å²) < 4.78 is 27.0. The van der Waals surface area contributed by atoms with E-state index in [0.717, 1.165) is 36.8 Å². The van der Waals surface area contributed by atoms with Crippen LogP contribution in [-0.2, 0) is 32.6 Å². The SMILES string of the molecule is CCCCNC(=O)[C@H](C)N(Cc1ccccc1)C(=O)CCc1ccc(S(=O)(=O)N2CCCC2)cc1. The van der Waals surface area contributed by atoms with Gasteiger partial charge in [0.05, 0.1) is 4.90 Å². The number of carbonyl (C=O) groups excluding carboxylic acids is 2. The van der Waals surface area contributed by atoms with Crippen LogP contribution in [0, 0.1) is 0 Å². The largest absolute Gasteiger partial charge is 0.354 e. The van der Waals surface area contributed by atoms with E-state index in [1.807, 2.05) is 30.3 Å². The summed E-state index contributed by atoms with van der Waals surface area (Å²) in [5.74, 6) is -0.264. The van der Waals surface area contributed by atoms with Gasteiger partial charge in [-0.3, -0.25) is 9.59 Å². The van der Waals surface area contributed by atoms with Crippen molar-refractivity contribution in [1.82, 2.24) is 14.5 Å². The molecule has 8 heteroatoms. The Kier molecular flexibility index (Phi) is 9.86. The Balaban J connectivity index is 1.65. The second-order valence-corrected chi connectivity index (χ2v) is 11.0. The molecule has 0 aliphatic carbocycles. The van der Waals surface area contributed by atoms with Crippen LogP contribution in [0.15, 0.2) is 59.5 Å². The van der Waals surface area contributed by atoms with Crippen LogP contribution in [0.3, 0.4) is 0 Å². The standard InChI is InChI=1S/C27H37N3O4S/c1-3-4-18-28-27(32)22(2)30(21-24-10-6-5-7-11-24)26(31)17-14-23-12-15-25(16-13-23)35(33,34)29-19-8-9-20-29/h5-7,10-13,15-16,22H,3-4,8-9,14,17-21H2,1-2H3,(H,28,32)/t22-/m0/s1. The molecule has 2 aromatic carbocycles. The summed E-state index contributed by atoms with van der Waals surface area (Å²) in [6, 6.07) is 15.9. The number of amides is 2. The van der Waals surface area contributed by atoms with Gasteiger partial charge in [0.2, 0.25) is 21.8 Å². The van der Waals surface area contributed by atoms with E-state index in [2.05, 4.69) is 12.2 Å². The zero-order chi connectivity index (χ0) is 25.3. The highest BCUT2D eigenvalue weighted by Gasteiger charge is 2.28. The Morgan fingerprint density at radius 2 is 1.66 bits per heavy atom. The number of carbonyl (C=O) groups is 2. The van der Waals surface area contributed by atoms with E-state index >= 15 is 0 Å². The molecule has 0 saturated carbocycles. The molecule has 35 heavy (non-hydrogen) atoms. The van der Waals surface area contributed by atoms with E-state index in [-0.39, 0.29) is 23.1 Å². The molecule has 1 N–H and O–H groups in total. The van der Waals surface area contributed by atoms with E-state index in [4.69, 9.17) is 0 Å². The Labute approximate surface area is 209 Å². The van der Waals surface area contributed by atoms with Gasteiger partial charge in [-0.25, -0.2) is 8.42 Å². The molecule has 1 fully saturated rings. The fourth-order valence-corrected chi connectivity index (χ4v) is 5.72. The summed E-state index contributed by atoms with van der Waals surface area (Å²) in [4.78, 5) is 27.9. The molecular formula is C27H37N3O4S. The zero-order valence-corrected chi connectivity index (χ0v) is 21.6. The van der Waals surface area contributed by atoms with Crippen molar-refractivity contribution in [2.24, 2.45) is 0 Å². The van der Waals surface area contributed by atoms with Crippen molar-refractivity contribution in [1.29, 1.82) is 0 Å². The van der Waals surface area contributed by atoms with Crippen LogP contribution in [-0.4, -0.2) is 55.1 Å². The maximum atomic E-state index is 13.2. The summed E-state index contributed by atoms with van der Waals surface area (Å²) in [6.45, 7) is 5.92. The third kappa shape index (κ3) is 7.39. The molecule has 1 atom stereocenters. The smallest absolute Gasteiger partial charge is 0.243 e. The minimum atomic E-state index is -3.45. The van der Waals surface area contributed by atoms with Crippen LogP contribution in [0.2, 0.25) is 0 Å². The number of rotatable bonds is 12. The van der Waals surface area contributed by atoms with Gasteiger partial charge in [-0.15, -0.1) is 0 Å². The van der Waals surface area contributed by atoms with E-state index in [0.29, 0.717) is 32.6 Å². The second kappa shape index (κ2) is 12.8. The van der Waals surface area contributed by atoms with Gasteiger partial charge in [0, 0.05) is 32.6 Å².